The lowest BCUT2D eigenvalue weighted by molar-refractivity contribution is 0.318. The summed E-state index contributed by atoms with van der Waals surface area (Å²) in [7, 11) is 1.78. The topological polar surface area (TPSA) is 102 Å². The minimum absolute atomic E-state index is 0.0132. The van der Waals surface area contributed by atoms with Gasteiger partial charge in [0.1, 0.15) is 10.5 Å². The number of nitrogens with two attached hydrogens (primary N) is 1. The summed E-state index contributed by atoms with van der Waals surface area (Å²) < 4.78 is 7.33. The van der Waals surface area contributed by atoms with Crippen molar-refractivity contribution in [3.63, 3.8) is 0 Å². The molecule has 2 aromatic heterocycles. The minimum atomic E-state index is 0.0132. The highest BCUT2D eigenvalue weighted by molar-refractivity contribution is 7.99. The van der Waals surface area contributed by atoms with E-state index in [1.54, 1.807) is 18.7 Å². The highest BCUT2D eigenvalue weighted by Gasteiger charge is 2.20. The van der Waals surface area contributed by atoms with Gasteiger partial charge in [-0.25, -0.2) is 4.98 Å². The zero-order valence-electron chi connectivity index (χ0n) is 11.4. The number of hydrogen-bond donors (Lipinski definition) is 2. The van der Waals surface area contributed by atoms with Crippen LogP contribution in [0.15, 0.2) is 44.1 Å². The maximum absolute atomic E-state index is 8.90. The van der Waals surface area contributed by atoms with Gasteiger partial charge >= 0.3 is 0 Å². The third-order valence-corrected chi connectivity index (χ3v) is 4.00. The summed E-state index contributed by atoms with van der Waals surface area (Å²) in [6.45, 7) is 1.80. The van der Waals surface area contributed by atoms with E-state index in [0.717, 1.165) is 5.52 Å². The molecule has 0 aliphatic heterocycles. The first-order chi connectivity index (χ1) is 10.1. The Balaban J connectivity index is 2.05. The normalized spacial score (nSPS) is 12.2. The lowest BCUT2D eigenvalue weighted by Gasteiger charge is -2.02. The van der Waals surface area contributed by atoms with Crippen LogP contribution in [0.1, 0.15) is 11.3 Å². The van der Waals surface area contributed by atoms with Crippen molar-refractivity contribution in [2.75, 3.05) is 0 Å². The number of benzene rings is 1. The molecule has 2 heterocycles. The van der Waals surface area contributed by atoms with E-state index in [0.29, 0.717) is 27.1 Å². The second-order valence-corrected chi connectivity index (χ2v) is 5.36. The van der Waals surface area contributed by atoms with Crippen molar-refractivity contribution in [2.45, 2.75) is 17.2 Å². The summed E-state index contributed by atoms with van der Waals surface area (Å²) in [5.74, 6) is 0.0132. The molecule has 1 aromatic carbocycles. The average Bonchev–Trinajstić information content (AvgIpc) is 2.99. The molecule has 0 amide bonds. The van der Waals surface area contributed by atoms with Gasteiger partial charge in [-0.15, -0.1) is 0 Å². The average molecular weight is 303 g/mol. The van der Waals surface area contributed by atoms with Crippen LogP contribution < -0.4 is 5.73 Å². The van der Waals surface area contributed by atoms with Crippen LogP contribution in [0, 0.1) is 6.92 Å². The molecule has 0 radical (unpaired) electrons. The summed E-state index contributed by atoms with van der Waals surface area (Å²) in [6, 6.07) is 7.51. The van der Waals surface area contributed by atoms with Crippen molar-refractivity contribution in [2.24, 2.45) is 17.9 Å². The quantitative estimate of drug-likeness (QED) is 0.332. The first-order valence-corrected chi connectivity index (χ1v) is 6.96. The van der Waals surface area contributed by atoms with Crippen LogP contribution in [0.25, 0.3) is 11.1 Å². The Morgan fingerprint density at radius 3 is 2.90 bits per heavy atom. The molecule has 0 saturated heterocycles. The molecule has 0 saturated carbocycles. The number of amidine groups is 1. The predicted octanol–water partition coefficient (Wildman–Crippen LogP) is 2.12. The van der Waals surface area contributed by atoms with Crippen LogP contribution in [0.5, 0.6) is 0 Å². The fourth-order valence-corrected chi connectivity index (χ4v) is 3.04. The molecule has 21 heavy (non-hydrogen) atoms. The number of nitrogens with zero attached hydrogens (tertiary/aromatic N) is 4. The molecule has 0 aliphatic carbocycles. The molecule has 0 spiro atoms. The Hall–Kier alpha value is -2.48. The summed E-state index contributed by atoms with van der Waals surface area (Å²) >= 11 is 1.28. The Labute approximate surface area is 124 Å². The summed E-state index contributed by atoms with van der Waals surface area (Å²) in [5, 5.41) is 17.4. The van der Waals surface area contributed by atoms with Crippen molar-refractivity contribution in [3.8, 4) is 0 Å². The molecular formula is C13H13N5O2S. The molecule has 108 valence electrons. The Kier molecular flexibility index (Phi) is 3.30. The van der Waals surface area contributed by atoms with Crippen LogP contribution in [-0.4, -0.2) is 25.8 Å². The van der Waals surface area contributed by atoms with Gasteiger partial charge in [0.25, 0.3) is 5.22 Å². The van der Waals surface area contributed by atoms with Crippen molar-refractivity contribution in [1.29, 1.82) is 0 Å². The van der Waals surface area contributed by atoms with Crippen molar-refractivity contribution in [1.82, 2.24) is 14.8 Å². The number of oxime groups is 1. The van der Waals surface area contributed by atoms with Gasteiger partial charge in [0.05, 0.1) is 11.3 Å². The predicted molar refractivity (Wildman–Crippen MR) is 78.6 cm³/mol. The summed E-state index contributed by atoms with van der Waals surface area (Å²) in [4.78, 5) is 4.40. The third-order valence-electron chi connectivity index (χ3n) is 2.99. The van der Waals surface area contributed by atoms with Gasteiger partial charge in [-0.3, -0.25) is 4.68 Å². The number of rotatable bonds is 3. The molecule has 0 unspecified atom stereocenters. The molecule has 3 aromatic rings. The van der Waals surface area contributed by atoms with E-state index >= 15 is 0 Å². The van der Waals surface area contributed by atoms with E-state index < -0.39 is 0 Å². The fraction of sp³-hybridized carbons (Fsp3) is 0.154. The number of oxazole rings is 1. The molecule has 0 aliphatic rings. The van der Waals surface area contributed by atoms with Gasteiger partial charge in [-0.05, 0) is 30.8 Å². The molecule has 3 rings (SSSR count). The van der Waals surface area contributed by atoms with E-state index in [1.165, 1.54) is 11.8 Å². The zero-order valence-corrected chi connectivity index (χ0v) is 12.3. The Morgan fingerprint density at radius 1 is 1.43 bits per heavy atom. The van der Waals surface area contributed by atoms with Crippen molar-refractivity contribution >= 4 is 28.7 Å². The summed E-state index contributed by atoms with van der Waals surface area (Å²) in [5.41, 5.74) is 8.46. The van der Waals surface area contributed by atoms with Crippen molar-refractivity contribution in [3.05, 3.63) is 35.5 Å². The van der Waals surface area contributed by atoms with E-state index in [4.69, 9.17) is 15.4 Å². The zero-order chi connectivity index (χ0) is 15.0. The maximum Gasteiger partial charge on any atom is 0.263 e. The van der Waals surface area contributed by atoms with Crippen LogP contribution in [0.3, 0.4) is 0 Å². The molecule has 8 heteroatoms. The van der Waals surface area contributed by atoms with Crippen molar-refractivity contribution < 1.29 is 9.62 Å². The lowest BCUT2D eigenvalue weighted by atomic mass is 10.2. The van der Waals surface area contributed by atoms with Crippen LogP contribution in [0.4, 0.5) is 0 Å². The number of aryl methyl sites for hydroxylation is 2. The molecule has 0 fully saturated rings. The number of para-hydroxylation sites is 2. The SMILES string of the molecule is Cc1nn(C)c(Sc2nc3ccccc3o2)c1C(N)=NO. The van der Waals surface area contributed by atoms with Gasteiger partial charge in [-0.2, -0.15) is 5.10 Å². The van der Waals surface area contributed by atoms with Crippen LogP contribution >= 0.6 is 11.8 Å². The number of hydrogen-bond acceptors (Lipinski definition) is 6. The smallest absolute Gasteiger partial charge is 0.263 e. The second kappa shape index (κ2) is 5.13. The molecule has 3 N–H and O–H groups in total. The van der Waals surface area contributed by atoms with Crippen LogP contribution in [0.2, 0.25) is 0 Å². The van der Waals surface area contributed by atoms with E-state index in [1.807, 2.05) is 24.3 Å². The van der Waals surface area contributed by atoms with Gasteiger partial charge in [0, 0.05) is 7.05 Å². The number of aromatic nitrogens is 3. The van der Waals surface area contributed by atoms with E-state index in [9.17, 15) is 0 Å². The standard InChI is InChI=1S/C13H13N5O2S/c1-7-10(11(14)17-19)12(18(2)16-7)21-13-15-8-5-3-4-6-9(8)20-13/h3-6,19H,1-2H3,(H2,14,17). The Bertz CT molecular complexity index is 803. The van der Waals surface area contributed by atoms with E-state index in [-0.39, 0.29) is 5.84 Å². The summed E-state index contributed by atoms with van der Waals surface area (Å²) in [6.07, 6.45) is 0. The van der Waals surface area contributed by atoms with Crippen LogP contribution in [-0.2, 0) is 7.05 Å². The first-order valence-electron chi connectivity index (χ1n) is 6.15. The fourth-order valence-electron chi connectivity index (χ4n) is 2.08. The molecular weight excluding hydrogens is 290 g/mol. The Morgan fingerprint density at radius 2 is 2.19 bits per heavy atom. The van der Waals surface area contributed by atoms with Gasteiger partial charge < -0.3 is 15.4 Å². The van der Waals surface area contributed by atoms with E-state index in [2.05, 4.69) is 15.2 Å². The monoisotopic (exact) mass is 303 g/mol. The van der Waals surface area contributed by atoms with Gasteiger partial charge in [-0.1, -0.05) is 17.3 Å². The lowest BCUT2D eigenvalue weighted by Crippen LogP contribution is -2.14. The minimum Gasteiger partial charge on any atom is -0.431 e. The van der Waals surface area contributed by atoms with Gasteiger partial charge in [0.2, 0.25) is 0 Å². The molecule has 0 bridgehead atoms. The molecule has 7 nitrogen and oxygen atoms in total. The number of fused-ring (bicyclic) bond motifs is 1. The highest BCUT2D eigenvalue weighted by Crippen LogP contribution is 2.32. The largest absolute Gasteiger partial charge is 0.431 e. The molecule has 0 atom stereocenters. The highest BCUT2D eigenvalue weighted by atomic mass is 32.2. The maximum atomic E-state index is 8.90. The third kappa shape index (κ3) is 2.33. The first kappa shape index (κ1) is 13.5. The van der Waals surface area contributed by atoms with Gasteiger partial charge in [0.15, 0.2) is 11.4 Å². The second-order valence-electron chi connectivity index (χ2n) is 4.42.